The van der Waals surface area contributed by atoms with E-state index in [1.807, 2.05) is 6.92 Å². The predicted octanol–water partition coefficient (Wildman–Crippen LogP) is 3.00. The van der Waals surface area contributed by atoms with Crippen LogP contribution in [0.5, 0.6) is 0 Å². The van der Waals surface area contributed by atoms with Gasteiger partial charge in [-0.2, -0.15) is 0 Å². The van der Waals surface area contributed by atoms with Crippen LogP contribution in [0.25, 0.3) is 0 Å². The van der Waals surface area contributed by atoms with Crippen LogP contribution in [0.15, 0.2) is 22.5 Å². The number of hydrogen-bond donors (Lipinski definition) is 2. The van der Waals surface area contributed by atoms with Crippen molar-refractivity contribution in [2.75, 3.05) is 0 Å². The number of carbonyl (C=O) groups is 2. The summed E-state index contributed by atoms with van der Waals surface area (Å²) in [4.78, 5) is 24.0. The molecule has 2 atom stereocenters. The lowest BCUT2D eigenvalue weighted by atomic mass is 9.62. The molecule has 0 heterocycles. The summed E-state index contributed by atoms with van der Waals surface area (Å²) in [5.41, 5.74) is 1.30. The number of carboxylic acid groups (broad SMARTS) is 1. The standard InChI is InChI=1S/C15H20O4/c1-4-10-9(3)13(17)8(2)7-15(10)11(14(18)19)5-6-12(15)16/h11,17H,4-7H2,1-3H3,(H,18,19)/t11-,15-/m0/s1. The van der Waals surface area contributed by atoms with Crippen LogP contribution < -0.4 is 0 Å². The molecule has 1 fully saturated rings. The molecule has 0 aromatic carbocycles. The van der Waals surface area contributed by atoms with Crippen molar-refractivity contribution >= 4 is 11.8 Å². The molecule has 0 amide bonds. The molecule has 2 N–H and O–H groups in total. The minimum absolute atomic E-state index is 0.0166. The highest BCUT2D eigenvalue weighted by Gasteiger charge is 2.56. The molecule has 0 aliphatic heterocycles. The average molecular weight is 264 g/mol. The Morgan fingerprint density at radius 1 is 1.42 bits per heavy atom. The molecular weight excluding hydrogens is 244 g/mol. The number of allylic oxidation sites excluding steroid dienone is 3. The van der Waals surface area contributed by atoms with Gasteiger partial charge in [0, 0.05) is 6.42 Å². The van der Waals surface area contributed by atoms with Gasteiger partial charge in [0.15, 0.2) is 0 Å². The van der Waals surface area contributed by atoms with Gasteiger partial charge in [-0.1, -0.05) is 6.92 Å². The zero-order chi connectivity index (χ0) is 14.4. The fourth-order valence-electron chi connectivity index (χ4n) is 3.86. The van der Waals surface area contributed by atoms with Crippen molar-refractivity contribution in [1.29, 1.82) is 0 Å². The molecule has 0 unspecified atom stereocenters. The molecule has 0 aromatic rings. The van der Waals surface area contributed by atoms with Crippen LogP contribution in [-0.4, -0.2) is 22.0 Å². The Kier molecular flexibility index (Phi) is 3.29. The molecule has 0 bridgehead atoms. The van der Waals surface area contributed by atoms with E-state index >= 15 is 0 Å². The normalized spacial score (nSPS) is 31.5. The first-order chi connectivity index (χ1) is 8.86. The van der Waals surface area contributed by atoms with Gasteiger partial charge in [-0.25, -0.2) is 0 Å². The first-order valence-corrected chi connectivity index (χ1v) is 6.71. The van der Waals surface area contributed by atoms with Gasteiger partial charge in [-0.3, -0.25) is 9.59 Å². The van der Waals surface area contributed by atoms with Crippen LogP contribution in [0, 0.1) is 11.3 Å². The van der Waals surface area contributed by atoms with Gasteiger partial charge in [0.2, 0.25) is 0 Å². The lowest BCUT2D eigenvalue weighted by molar-refractivity contribution is -0.147. The molecule has 0 radical (unpaired) electrons. The molecule has 2 rings (SSSR count). The second-order valence-corrected chi connectivity index (χ2v) is 5.59. The van der Waals surface area contributed by atoms with E-state index in [1.54, 1.807) is 13.8 Å². The lowest BCUT2D eigenvalue weighted by Gasteiger charge is -2.39. The van der Waals surface area contributed by atoms with Crippen LogP contribution in [0.1, 0.15) is 46.5 Å². The van der Waals surface area contributed by atoms with E-state index in [2.05, 4.69) is 0 Å². The first-order valence-electron chi connectivity index (χ1n) is 6.71. The first kappa shape index (κ1) is 13.8. The van der Waals surface area contributed by atoms with Gasteiger partial charge in [-0.15, -0.1) is 0 Å². The van der Waals surface area contributed by atoms with Gasteiger partial charge < -0.3 is 10.2 Å². The van der Waals surface area contributed by atoms with Crippen molar-refractivity contribution in [3.05, 3.63) is 22.5 Å². The van der Waals surface area contributed by atoms with E-state index in [0.717, 1.165) is 11.1 Å². The summed E-state index contributed by atoms with van der Waals surface area (Å²) in [5.74, 6) is -1.32. The van der Waals surface area contributed by atoms with Crippen LogP contribution in [0.2, 0.25) is 0 Å². The number of aliphatic hydroxyl groups is 1. The molecule has 19 heavy (non-hydrogen) atoms. The maximum Gasteiger partial charge on any atom is 0.307 e. The van der Waals surface area contributed by atoms with Crippen molar-refractivity contribution in [2.24, 2.45) is 11.3 Å². The summed E-state index contributed by atoms with van der Waals surface area (Å²) in [6.07, 6.45) is 1.66. The minimum atomic E-state index is -0.916. The van der Waals surface area contributed by atoms with Crippen LogP contribution >= 0.6 is 0 Å². The molecule has 4 heteroatoms. The predicted molar refractivity (Wildman–Crippen MR) is 70.7 cm³/mol. The SMILES string of the molecule is CCC1=C(C)C(O)=C(C)C[C@]12C(=O)CC[C@H]2C(=O)O. The summed E-state index contributed by atoms with van der Waals surface area (Å²) in [5, 5.41) is 19.5. The van der Waals surface area contributed by atoms with Crippen molar-refractivity contribution in [2.45, 2.75) is 46.5 Å². The molecule has 0 saturated heterocycles. The van der Waals surface area contributed by atoms with E-state index in [0.29, 0.717) is 31.3 Å². The van der Waals surface area contributed by atoms with Crippen molar-refractivity contribution < 1.29 is 19.8 Å². The van der Waals surface area contributed by atoms with E-state index in [-0.39, 0.29) is 11.5 Å². The summed E-state index contributed by atoms with van der Waals surface area (Å²) in [7, 11) is 0. The van der Waals surface area contributed by atoms with Gasteiger partial charge in [0.25, 0.3) is 0 Å². The third-order valence-electron chi connectivity index (χ3n) is 4.70. The Bertz CT molecular complexity index is 512. The molecule has 0 aromatic heterocycles. The number of aliphatic hydroxyl groups excluding tert-OH is 1. The van der Waals surface area contributed by atoms with E-state index < -0.39 is 17.3 Å². The number of aliphatic carboxylic acids is 1. The number of ketones is 1. The van der Waals surface area contributed by atoms with Gasteiger partial charge in [-0.05, 0) is 49.8 Å². The quantitative estimate of drug-likeness (QED) is 0.804. The molecule has 2 aliphatic rings. The third kappa shape index (κ3) is 1.73. The lowest BCUT2D eigenvalue weighted by Crippen LogP contribution is -2.41. The summed E-state index contributed by atoms with van der Waals surface area (Å²) < 4.78 is 0. The Hall–Kier alpha value is -1.58. The number of rotatable bonds is 2. The number of carbonyl (C=O) groups excluding carboxylic acids is 1. The Morgan fingerprint density at radius 2 is 2.05 bits per heavy atom. The number of hydrogen-bond acceptors (Lipinski definition) is 3. The van der Waals surface area contributed by atoms with E-state index in [9.17, 15) is 19.8 Å². The molecular formula is C15H20O4. The topological polar surface area (TPSA) is 74.6 Å². The molecule has 4 nitrogen and oxygen atoms in total. The van der Waals surface area contributed by atoms with E-state index in [1.165, 1.54) is 0 Å². The van der Waals surface area contributed by atoms with Gasteiger partial charge in [0.05, 0.1) is 11.3 Å². The number of Topliss-reactive ketones (excluding diaryl/α,β-unsaturated/α-hetero) is 1. The highest BCUT2D eigenvalue weighted by molar-refractivity contribution is 5.96. The van der Waals surface area contributed by atoms with E-state index in [4.69, 9.17) is 0 Å². The van der Waals surface area contributed by atoms with Gasteiger partial charge in [0.1, 0.15) is 11.5 Å². The maximum absolute atomic E-state index is 12.4. The second kappa shape index (κ2) is 4.51. The van der Waals surface area contributed by atoms with Gasteiger partial charge >= 0.3 is 5.97 Å². The zero-order valence-corrected chi connectivity index (χ0v) is 11.6. The van der Waals surface area contributed by atoms with Crippen LogP contribution in [0.3, 0.4) is 0 Å². The average Bonchev–Trinajstić information content (AvgIpc) is 2.66. The molecule has 1 saturated carbocycles. The Morgan fingerprint density at radius 3 is 2.58 bits per heavy atom. The second-order valence-electron chi connectivity index (χ2n) is 5.59. The van der Waals surface area contributed by atoms with Crippen molar-refractivity contribution in [3.63, 3.8) is 0 Å². The Labute approximate surface area is 112 Å². The summed E-state index contributed by atoms with van der Waals surface area (Å²) in [6.45, 7) is 5.47. The largest absolute Gasteiger partial charge is 0.508 e. The summed E-state index contributed by atoms with van der Waals surface area (Å²) >= 11 is 0. The fraction of sp³-hybridized carbons (Fsp3) is 0.600. The summed E-state index contributed by atoms with van der Waals surface area (Å²) in [6, 6.07) is 0. The molecule has 2 aliphatic carbocycles. The highest BCUT2D eigenvalue weighted by Crippen LogP contribution is 2.55. The fourth-order valence-corrected chi connectivity index (χ4v) is 3.86. The maximum atomic E-state index is 12.4. The zero-order valence-electron chi connectivity index (χ0n) is 11.6. The minimum Gasteiger partial charge on any atom is -0.508 e. The Balaban J connectivity index is 2.66. The monoisotopic (exact) mass is 264 g/mol. The number of carboxylic acids is 1. The molecule has 104 valence electrons. The van der Waals surface area contributed by atoms with Crippen LogP contribution in [-0.2, 0) is 9.59 Å². The third-order valence-corrected chi connectivity index (χ3v) is 4.70. The molecule has 1 spiro atoms. The smallest absolute Gasteiger partial charge is 0.307 e. The van der Waals surface area contributed by atoms with Crippen molar-refractivity contribution in [1.82, 2.24) is 0 Å². The van der Waals surface area contributed by atoms with Crippen LogP contribution in [0.4, 0.5) is 0 Å². The van der Waals surface area contributed by atoms with Crippen molar-refractivity contribution in [3.8, 4) is 0 Å². The highest BCUT2D eigenvalue weighted by atomic mass is 16.4.